The fourth-order valence-corrected chi connectivity index (χ4v) is 5.18. The standard InChI is InChI=1S/C30H39N3O7.C2HF3O2/c1-33(2,3)13-15-39-17-16-38-14-12-28(34)31-21-18-27(29(35)36)32(19-21)30(37)40-20-26-24-10-6-4-8-22(24)23-9-5-7-11-25(23)26;3-2(4,5)1(6)7/h4-11,21,26-27H,12-20H2,1-3H3,(H-,31,34,35,36);(H,6,7)/t21-,27+;/m0./s1. The number of halogens is 3. The number of fused-ring (bicyclic) bond motifs is 3. The summed E-state index contributed by atoms with van der Waals surface area (Å²) in [5.41, 5.74) is 4.39. The van der Waals surface area contributed by atoms with Crippen LogP contribution in [0.4, 0.5) is 18.0 Å². The predicted octanol–water partition coefficient (Wildman–Crippen LogP) is 2.01. The summed E-state index contributed by atoms with van der Waals surface area (Å²) in [6.07, 6.45) is -5.63. The third kappa shape index (κ3) is 11.2. The van der Waals surface area contributed by atoms with Crippen LogP contribution in [0.25, 0.3) is 11.1 Å². The van der Waals surface area contributed by atoms with Gasteiger partial charge >= 0.3 is 18.2 Å². The van der Waals surface area contributed by atoms with E-state index < -0.39 is 36.3 Å². The number of rotatable bonds is 13. The molecular weight excluding hydrogens is 627 g/mol. The highest BCUT2D eigenvalue weighted by atomic mass is 19.4. The van der Waals surface area contributed by atoms with Crippen molar-refractivity contribution < 1.29 is 61.3 Å². The van der Waals surface area contributed by atoms with Gasteiger partial charge < -0.3 is 39.0 Å². The third-order valence-electron chi connectivity index (χ3n) is 7.51. The molecule has 258 valence electrons. The van der Waals surface area contributed by atoms with Gasteiger partial charge in [0.05, 0.1) is 47.6 Å². The average molecular weight is 668 g/mol. The molecule has 0 aromatic heterocycles. The highest BCUT2D eigenvalue weighted by molar-refractivity contribution is 5.82. The first-order valence-corrected chi connectivity index (χ1v) is 15.0. The predicted molar refractivity (Wildman–Crippen MR) is 160 cm³/mol. The molecule has 15 heteroatoms. The minimum atomic E-state index is -5.19. The fourth-order valence-electron chi connectivity index (χ4n) is 5.18. The molecule has 2 aliphatic rings. The van der Waals surface area contributed by atoms with Crippen molar-refractivity contribution >= 4 is 23.9 Å². The van der Waals surface area contributed by atoms with Crippen LogP contribution in [0.15, 0.2) is 48.5 Å². The van der Waals surface area contributed by atoms with E-state index >= 15 is 0 Å². The van der Waals surface area contributed by atoms with Crippen LogP contribution in [0, 0.1) is 0 Å². The maximum Gasteiger partial charge on any atom is 0.430 e. The minimum Gasteiger partial charge on any atom is -0.542 e. The lowest BCUT2D eigenvalue weighted by Gasteiger charge is -2.23. The number of amides is 2. The topological polar surface area (TPSA) is 155 Å². The van der Waals surface area contributed by atoms with Crippen molar-refractivity contribution in [1.29, 1.82) is 0 Å². The van der Waals surface area contributed by atoms with Crippen LogP contribution in [0.2, 0.25) is 0 Å². The van der Waals surface area contributed by atoms with Gasteiger partial charge in [-0.2, -0.15) is 13.2 Å². The first kappa shape index (κ1) is 37.2. The number of nitrogens with zero attached hydrogens (tertiary/aromatic N) is 2. The quantitative estimate of drug-likeness (QED) is 0.241. The van der Waals surface area contributed by atoms with Crippen molar-refractivity contribution in [3.63, 3.8) is 0 Å². The van der Waals surface area contributed by atoms with Crippen LogP contribution in [-0.4, -0.2) is 124 Å². The number of likely N-dealkylation sites (tertiary alicyclic amines) is 1. The lowest BCUT2D eigenvalue weighted by atomic mass is 9.98. The first-order chi connectivity index (χ1) is 22.1. The molecule has 1 fully saturated rings. The number of carbonyl (C=O) groups excluding carboxylic acids is 3. The number of aliphatic carboxylic acids is 2. The fraction of sp³-hybridized carbons (Fsp3) is 0.500. The Kier molecular flexibility index (Phi) is 13.1. The number of carboxylic acid groups (broad SMARTS) is 2. The van der Waals surface area contributed by atoms with Gasteiger partial charge in [0.25, 0.3) is 0 Å². The van der Waals surface area contributed by atoms with Gasteiger partial charge in [0.15, 0.2) is 0 Å². The monoisotopic (exact) mass is 667 g/mol. The van der Waals surface area contributed by atoms with Gasteiger partial charge in [0, 0.05) is 31.3 Å². The molecule has 2 aromatic rings. The molecule has 1 aliphatic heterocycles. The number of hydrogen-bond acceptors (Lipinski definition) is 8. The molecule has 2 N–H and O–H groups in total. The number of quaternary nitrogens is 1. The van der Waals surface area contributed by atoms with E-state index in [2.05, 4.69) is 38.6 Å². The molecule has 0 spiro atoms. The maximum absolute atomic E-state index is 13.0. The summed E-state index contributed by atoms with van der Waals surface area (Å²) in [4.78, 5) is 47.4. The molecule has 1 heterocycles. The molecule has 0 radical (unpaired) electrons. The second-order valence-electron chi connectivity index (χ2n) is 12.1. The van der Waals surface area contributed by atoms with Gasteiger partial charge in [-0.05, 0) is 22.3 Å². The molecule has 1 aliphatic carbocycles. The zero-order valence-corrected chi connectivity index (χ0v) is 26.5. The molecule has 2 amide bonds. The zero-order chi connectivity index (χ0) is 34.8. The van der Waals surface area contributed by atoms with Gasteiger partial charge in [-0.15, -0.1) is 0 Å². The van der Waals surface area contributed by atoms with E-state index in [1.807, 2.05) is 36.4 Å². The van der Waals surface area contributed by atoms with Crippen molar-refractivity contribution in [2.24, 2.45) is 0 Å². The normalized spacial score (nSPS) is 17.3. The summed E-state index contributed by atoms with van der Waals surface area (Å²) < 4.78 is 49.1. The molecule has 0 unspecified atom stereocenters. The Bertz CT molecular complexity index is 1350. The van der Waals surface area contributed by atoms with Crippen LogP contribution >= 0.6 is 0 Å². The molecular formula is C32H40F3N3O9. The van der Waals surface area contributed by atoms with Crippen LogP contribution in [-0.2, 0) is 28.6 Å². The Labute approximate surface area is 270 Å². The Hall–Kier alpha value is -4.21. The molecule has 4 rings (SSSR count). The smallest absolute Gasteiger partial charge is 0.430 e. The minimum absolute atomic E-state index is 0.0698. The summed E-state index contributed by atoms with van der Waals surface area (Å²) >= 11 is 0. The Morgan fingerprint density at radius 3 is 1.98 bits per heavy atom. The number of carboxylic acids is 2. The molecule has 0 saturated carbocycles. The van der Waals surface area contributed by atoms with E-state index in [1.165, 1.54) is 4.90 Å². The lowest BCUT2D eigenvalue weighted by Crippen LogP contribution is -2.42. The van der Waals surface area contributed by atoms with Crippen LogP contribution < -0.4 is 10.4 Å². The van der Waals surface area contributed by atoms with E-state index in [0.717, 1.165) is 33.3 Å². The summed E-state index contributed by atoms with van der Waals surface area (Å²) in [6.45, 7) is 2.79. The lowest BCUT2D eigenvalue weighted by molar-refractivity contribution is -0.870. The number of benzene rings is 2. The van der Waals surface area contributed by atoms with Gasteiger partial charge in [-0.1, -0.05) is 48.5 Å². The van der Waals surface area contributed by atoms with E-state index in [9.17, 15) is 32.7 Å². The summed E-state index contributed by atoms with van der Waals surface area (Å²) in [6, 6.07) is 14.5. The largest absolute Gasteiger partial charge is 0.542 e. The van der Waals surface area contributed by atoms with E-state index in [1.54, 1.807) is 0 Å². The molecule has 2 aromatic carbocycles. The number of alkyl halides is 3. The van der Waals surface area contributed by atoms with Crippen LogP contribution in [0.5, 0.6) is 0 Å². The highest BCUT2D eigenvalue weighted by Crippen LogP contribution is 2.44. The molecule has 0 bridgehead atoms. The number of likely N-dealkylation sites (N-methyl/N-ethyl adjacent to an activating group) is 1. The molecule has 2 atom stereocenters. The zero-order valence-electron chi connectivity index (χ0n) is 26.5. The summed E-state index contributed by atoms with van der Waals surface area (Å²) in [5.74, 6) is -4.51. The van der Waals surface area contributed by atoms with Gasteiger partial charge in [-0.25, -0.2) is 9.59 Å². The van der Waals surface area contributed by atoms with Gasteiger partial charge in [-0.3, -0.25) is 9.69 Å². The van der Waals surface area contributed by atoms with Gasteiger partial charge in [0.1, 0.15) is 25.2 Å². The second kappa shape index (κ2) is 16.6. The maximum atomic E-state index is 13.0. The number of hydrogen-bond donors (Lipinski definition) is 2. The van der Waals surface area contributed by atoms with Gasteiger partial charge in [0.2, 0.25) is 5.91 Å². The second-order valence-corrected chi connectivity index (χ2v) is 12.1. The van der Waals surface area contributed by atoms with Crippen molar-refractivity contribution in [2.75, 3.05) is 67.3 Å². The van der Waals surface area contributed by atoms with Crippen molar-refractivity contribution in [3.8, 4) is 11.1 Å². The molecule has 12 nitrogen and oxygen atoms in total. The number of nitrogens with one attached hydrogen (secondary N) is 1. The SMILES string of the molecule is C[N+](C)(C)CCOCCOCCC(=O)N[C@H]1C[C@H](C(=O)O)N(C(=O)OCC2c3ccccc3-c3ccccc32)C1.O=C([O-])C(F)(F)F. The average Bonchev–Trinajstić information content (AvgIpc) is 3.56. The Morgan fingerprint density at radius 1 is 0.936 bits per heavy atom. The number of ether oxygens (including phenoxy) is 3. The summed E-state index contributed by atoms with van der Waals surface area (Å²) in [5, 5.41) is 21.4. The van der Waals surface area contributed by atoms with E-state index in [0.29, 0.717) is 19.8 Å². The van der Waals surface area contributed by atoms with Crippen molar-refractivity contribution in [1.82, 2.24) is 10.2 Å². The third-order valence-corrected chi connectivity index (χ3v) is 7.51. The highest BCUT2D eigenvalue weighted by Gasteiger charge is 2.41. The molecule has 47 heavy (non-hydrogen) atoms. The number of carbonyl (C=O) groups is 4. The first-order valence-electron chi connectivity index (χ1n) is 15.0. The molecule has 1 saturated heterocycles. The summed E-state index contributed by atoms with van der Waals surface area (Å²) in [7, 11) is 6.29. The van der Waals surface area contributed by atoms with Crippen LogP contribution in [0.3, 0.4) is 0 Å². The van der Waals surface area contributed by atoms with Crippen LogP contribution in [0.1, 0.15) is 29.9 Å². The van der Waals surface area contributed by atoms with Crippen molar-refractivity contribution in [2.45, 2.75) is 37.0 Å². The Morgan fingerprint density at radius 2 is 1.47 bits per heavy atom. The van der Waals surface area contributed by atoms with E-state index in [-0.39, 0.29) is 44.4 Å². The van der Waals surface area contributed by atoms with Crippen molar-refractivity contribution in [3.05, 3.63) is 59.7 Å². The Balaban J connectivity index is 0.000000771. The van der Waals surface area contributed by atoms with E-state index in [4.69, 9.17) is 24.1 Å².